The second kappa shape index (κ2) is 21.1. The van der Waals surface area contributed by atoms with Crippen LogP contribution in [0.5, 0.6) is 0 Å². The van der Waals surface area contributed by atoms with Gasteiger partial charge in [0.15, 0.2) is 5.96 Å². The van der Waals surface area contributed by atoms with Crippen LogP contribution in [0.2, 0.25) is 0 Å². The van der Waals surface area contributed by atoms with Crippen molar-refractivity contribution in [3.63, 3.8) is 0 Å². The lowest BCUT2D eigenvalue weighted by molar-refractivity contribution is -0.142. The Kier molecular flexibility index (Phi) is 15.0. The number of carbonyl (C=O) groups is 5. The van der Waals surface area contributed by atoms with E-state index in [1.54, 1.807) is 36.7 Å². The number of para-hydroxylation sites is 1. The lowest BCUT2D eigenvalue weighted by atomic mass is 9.99. The first-order valence-corrected chi connectivity index (χ1v) is 20.3. The number of nitrogens with one attached hydrogen (secondary N) is 8. The highest BCUT2D eigenvalue weighted by molar-refractivity contribution is 5.96. The Morgan fingerprint density at radius 3 is 2.02 bits per heavy atom. The number of carboxylic acid groups (broad SMARTS) is 1. The van der Waals surface area contributed by atoms with E-state index < -0.39 is 59.8 Å². The molecule has 0 aliphatic carbocycles. The average Bonchev–Trinajstić information content (AvgIpc) is 3.94. The highest BCUT2D eigenvalue weighted by Crippen LogP contribution is 2.20. The van der Waals surface area contributed by atoms with Gasteiger partial charge in [-0.1, -0.05) is 91.0 Å². The number of nitrogens with two attached hydrogens (primary N) is 2. The van der Waals surface area contributed by atoms with Crippen LogP contribution in [-0.4, -0.2) is 92.4 Å². The first-order valence-electron chi connectivity index (χ1n) is 20.3. The number of hydrogen-bond donors (Lipinski definition) is 11. The zero-order chi connectivity index (χ0) is 44.0. The number of carboxylic acids is 1. The fraction of sp³-hybridized carbons (Fsp3) is 0.267. The zero-order valence-corrected chi connectivity index (χ0v) is 33.9. The largest absolute Gasteiger partial charge is 0.480 e. The standard InChI is InChI=1S/C45H51N11O6/c46-34(23-32-25-49-26-52-32)40(57)54-37(20-27-9-2-1-3-10-27)42(59)53-36(15-8-18-50-45(47)48)41(58)55-38(21-28-16-17-29-11-4-5-12-30(29)19-28)43(60)56-39(44(61)62)22-31-24-51-35-14-7-6-13-33(31)35/h1-7,9-14,16-17,19,24-26,34,36-39,51H,8,15,18,20-23,46H2,(H,49,52)(H,53,59)(H,54,57)(H,55,58)(H,56,60)(H,61,62)(H4,47,48,50)/t34-,36-,37+,38-,39-/m0/s1. The highest BCUT2D eigenvalue weighted by Gasteiger charge is 2.32. The molecule has 0 saturated carbocycles. The van der Waals surface area contributed by atoms with Crippen LogP contribution >= 0.6 is 0 Å². The maximum atomic E-state index is 14.4. The molecular formula is C45H51N11O6. The Hall–Kier alpha value is -7.53. The van der Waals surface area contributed by atoms with E-state index in [0.717, 1.165) is 27.2 Å². The number of amides is 4. The van der Waals surface area contributed by atoms with Crippen LogP contribution in [0.3, 0.4) is 0 Å². The average molecular weight is 842 g/mol. The molecule has 13 N–H and O–H groups in total. The summed E-state index contributed by atoms with van der Waals surface area (Å²) in [6.07, 6.45) is 5.19. The third-order valence-corrected chi connectivity index (χ3v) is 10.5. The molecule has 0 spiro atoms. The minimum absolute atomic E-state index is 0.0189. The molecule has 322 valence electrons. The van der Waals surface area contributed by atoms with E-state index in [-0.39, 0.29) is 51.0 Å². The van der Waals surface area contributed by atoms with Crippen molar-refractivity contribution in [2.75, 3.05) is 6.54 Å². The third kappa shape index (κ3) is 12.3. The predicted octanol–water partition coefficient (Wildman–Crippen LogP) is 1.93. The minimum Gasteiger partial charge on any atom is -0.480 e. The number of aromatic amines is 2. The number of fused-ring (bicyclic) bond motifs is 2. The number of nitrogens with zero attached hydrogens (tertiary/aromatic N) is 1. The van der Waals surface area contributed by atoms with Crippen molar-refractivity contribution < 1.29 is 29.1 Å². The van der Waals surface area contributed by atoms with Crippen molar-refractivity contribution in [2.24, 2.45) is 11.5 Å². The Balaban J connectivity index is 1.25. The summed E-state index contributed by atoms with van der Waals surface area (Å²) in [6.45, 7) is 0.191. The van der Waals surface area contributed by atoms with E-state index >= 15 is 0 Å². The topological polar surface area (TPSA) is 286 Å². The second-order valence-electron chi connectivity index (χ2n) is 15.1. The number of imidazole rings is 1. The van der Waals surface area contributed by atoms with Crippen molar-refractivity contribution in [1.82, 2.24) is 41.5 Å². The van der Waals surface area contributed by atoms with Crippen molar-refractivity contribution in [3.05, 3.63) is 138 Å². The number of guanidine groups is 1. The second-order valence-corrected chi connectivity index (χ2v) is 15.1. The summed E-state index contributed by atoms with van der Waals surface area (Å²) in [5, 5.41) is 34.2. The lowest BCUT2D eigenvalue weighted by Crippen LogP contribution is -2.59. The molecule has 6 aromatic rings. The van der Waals surface area contributed by atoms with Gasteiger partial charge in [0.2, 0.25) is 23.6 Å². The van der Waals surface area contributed by atoms with Crippen molar-refractivity contribution in [2.45, 2.75) is 68.7 Å². The van der Waals surface area contributed by atoms with Gasteiger partial charge >= 0.3 is 5.97 Å². The molecule has 0 aliphatic heterocycles. The molecule has 17 nitrogen and oxygen atoms in total. The van der Waals surface area contributed by atoms with Gasteiger partial charge in [-0.3, -0.25) is 24.6 Å². The van der Waals surface area contributed by atoms with Crippen LogP contribution in [0.25, 0.3) is 21.7 Å². The molecule has 0 bridgehead atoms. The van der Waals surface area contributed by atoms with Gasteiger partial charge in [-0.25, -0.2) is 9.78 Å². The minimum atomic E-state index is -1.35. The van der Waals surface area contributed by atoms with Crippen molar-refractivity contribution in [3.8, 4) is 0 Å². The molecule has 4 amide bonds. The van der Waals surface area contributed by atoms with Crippen LogP contribution in [0.1, 0.15) is 35.2 Å². The predicted molar refractivity (Wildman–Crippen MR) is 235 cm³/mol. The molecule has 62 heavy (non-hydrogen) atoms. The van der Waals surface area contributed by atoms with Crippen molar-refractivity contribution >= 4 is 57.2 Å². The third-order valence-electron chi connectivity index (χ3n) is 10.5. The number of carbonyl (C=O) groups excluding carboxylic acids is 4. The van der Waals surface area contributed by atoms with E-state index in [9.17, 15) is 29.1 Å². The summed E-state index contributed by atoms with van der Waals surface area (Å²) in [5.74, 6) is -4.32. The number of benzene rings is 4. The summed E-state index contributed by atoms with van der Waals surface area (Å²) in [7, 11) is 0. The number of hydrogen-bond acceptors (Lipinski definition) is 8. The molecule has 0 unspecified atom stereocenters. The summed E-state index contributed by atoms with van der Waals surface area (Å²) in [5.41, 5.74) is 15.2. The maximum Gasteiger partial charge on any atom is 0.326 e. The lowest BCUT2D eigenvalue weighted by Gasteiger charge is -2.27. The molecule has 17 heteroatoms. The molecule has 5 atom stereocenters. The fourth-order valence-corrected chi connectivity index (χ4v) is 7.20. The molecule has 0 aliphatic rings. The summed E-state index contributed by atoms with van der Waals surface area (Å²) in [6, 6.07) is 23.6. The van der Waals surface area contributed by atoms with Gasteiger partial charge in [0.1, 0.15) is 24.2 Å². The zero-order valence-electron chi connectivity index (χ0n) is 33.9. The fourth-order valence-electron chi connectivity index (χ4n) is 7.20. The Morgan fingerprint density at radius 2 is 1.31 bits per heavy atom. The van der Waals surface area contributed by atoms with Gasteiger partial charge in [0, 0.05) is 55.5 Å². The first kappa shape index (κ1) is 44.0. The number of aliphatic carboxylic acids is 1. The van der Waals surface area contributed by atoms with Gasteiger partial charge < -0.3 is 53.1 Å². The molecule has 0 fully saturated rings. The normalized spacial score (nSPS) is 13.6. The number of rotatable bonds is 21. The van der Waals surface area contributed by atoms with Crippen LogP contribution in [0.15, 0.2) is 116 Å². The van der Waals surface area contributed by atoms with Crippen LogP contribution in [0.4, 0.5) is 0 Å². The van der Waals surface area contributed by atoms with Crippen LogP contribution in [0, 0.1) is 5.41 Å². The van der Waals surface area contributed by atoms with E-state index in [0.29, 0.717) is 16.8 Å². The van der Waals surface area contributed by atoms with Crippen LogP contribution in [-0.2, 0) is 49.7 Å². The van der Waals surface area contributed by atoms with Gasteiger partial charge in [0.25, 0.3) is 0 Å². The Bertz CT molecular complexity index is 2490. The molecular weight excluding hydrogens is 791 g/mol. The molecule has 4 aromatic carbocycles. The van der Waals surface area contributed by atoms with E-state index in [1.165, 1.54) is 6.33 Å². The maximum absolute atomic E-state index is 14.4. The first-order chi connectivity index (χ1) is 29.9. The van der Waals surface area contributed by atoms with Gasteiger partial charge in [-0.15, -0.1) is 0 Å². The number of H-pyrrole nitrogens is 2. The van der Waals surface area contributed by atoms with Crippen molar-refractivity contribution in [1.29, 1.82) is 5.41 Å². The monoisotopic (exact) mass is 841 g/mol. The van der Waals surface area contributed by atoms with Gasteiger partial charge in [-0.2, -0.15) is 0 Å². The van der Waals surface area contributed by atoms with E-state index in [1.807, 2.05) is 72.8 Å². The van der Waals surface area contributed by atoms with Crippen LogP contribution < -0.4 is 38.1 Å². The number of aromatic nitrogens is 3. The Morgan fingerprint density at radius 1 is 0.677 bits per heavy atom. The molecule has 6 rings (SSSR count). The smallest absolute Gasteiger partial charge is 0.326 e. The summed E-state index contributed by atoms with van der Waals surface area (Å²) in [4.78, 5) is 78.9. The van der Waals surface area contributed by atoms with E-state index in [4.69, 9.17) is 16.9 Å². The molecule has 0 saturated heterocycles. The SMILES string of the molecule is N=C(N)NCCC[C@H](NC(=O)[C@@H](Cc1ccccc1)NC(=O)[C@@H](N)Cc1c[nH]cn1)C(=O)N[C@@H](Cc1ccc2ccccc2c1)C(=O)N[C@@H](Cc1c[nH]c2ccccc12)C(=O)O. The summed E-state index contributed by atoms with van der Waals surface area (Å²) >= 11 is 0. The molecule has 2 aromatic heterocycles. The highest BCUT2D eigenvalue weighted by atomic mass is 16.4. The molecule has 0 radical (unpaired) electrons. The van der Waals surface area contributed by atoms with E-state index in [2.05, 4.69) is 41.5 Å². The van der Waals surface area contributed by atoms with Gasteiger partial charge in [0.05, 0.1) is 18.1 Å². The van der Waals surface area contributed by atoms with Gasteiger partial charge in [-0.05, 0) is 46.4 Å². The summed E-state index contributed by atoms with van der Waals surface area (Å²) < 4.78 is 0. The molecule has 2 heterocycles. The quantitative estimate of drug-likeness (QED) is 0.0285. The Labute approximate surface area is 357 Å².